The Morgan fingerprint density at radius 1 is 1.09 bits per heavy atom. The molecule has 3 aromatic rings. The van der Waals surface area contributed by atoms with Crippen LogP contribution in [-0.4, -0.2) is 32.7 Å². The predicted octanol–water partition coefficient (Wildman–Crippen LogP) is 6.20. The molecule has 0 unspecified atom stereocenters. The second-order valence-corrected chi connectivity index (χ2v) is 9.91. The quantitative estimate of drug-likeness (QED) is 0.239. The number of aromatic hydroxyl groups is 1. The number of rotatable bonds is 9. The fourth-order valence-electron chi connectivity index (χ4n) is 3.65. The largest absolute Gasteiger partial charge is 0.505 e. The van der Waals surface area contributed by atoms with Crippen molar-refractivity contribution in [3.63, 3.8) is 0 Å². The van der Waals surface area contributed by atoms with Gasteiger partial charge in [-0.1, -0.05) is 66.0 Å². The summed E-state index contributed by atoms with van der Waals surface area (Å²) in [4.78, 5) is 13.6. The number of hydrogen-bond donors (Lipinski definition) is 1. The molecule has 0 fully saturated rings. The molecule has 1 N–H and O–H groups in total. The number of fused-ring (bicyclic) bond motifs is 1. The normalized spacial score (nSPS) is 12.2. The van der Waals surface area contributed by atoms with E-state index in [1.165, 1.54) is 17.3 Å². The molecule has 0 radical (unpaired) electrons. The van der Waals surface area contributed by atoms with E-state index in [4.69, 9.17) is 4.74 Å². The van der Waals surface area contributed by atoms with E-state index < -0.39 is 0 Å². The number of ether oxygens (including phenoxy) is 1. The standard InChI is InChI=1S/C27H35N3O3/c1-19(2)11-7-6-10-16-33-25(31)15-14-20-17-21(27(3,4)5)26(32)24(18-20)30-28-22-12-8-9-13-23(22)29-30/h8-9,12-15,17-19,32H,6-7,10-11,16H2,1-5H3. The van der Waals surface area contributed by atoms with Crippen LogP contribution in [0.2, 0.25) is 0 Å². The van der Waals surface area contributed by atoms with Crippen LogP contribution in [0.3, 0.4) is 0 Å². The van der Waals surface area contributed by atoms with Crippen LogP contribution in [0, 0.1) is 5.92 Å². The summed E-state index contributed by atoms with van der Waals surface area (Å²) in [5.74, 6) is 0.469. The zero-order valence-corrected chi connectivity index (χ0v) is 20.3. The van der Waals surface area contributed by atoms with Crippen molar-refractivity contribution in [3.05, 3.63) is 53.6 Å². The first-order valence-electron chi connectivity index (χ1n) is 11.7. The molecule has 0 saturated carbocycles. The molecule has 0 aliphatic rings. The third-order valence-corrected chi connectivity index (χ3v) is 5.50. The fraction of sp³-hybridized carbons (Fsp3) is 0.444. The molecule has 0 atom stereocenters. The highest BCUT2D eigenvalue weighted by atomic mass is 16.5. The summed E-state index contributed by atoms with van der Waals surface area (Å²) in [5.41, 5.74) is 3.16. The Labute approximate surface area is 196 Å². The summed E-state index contributed by atoms with van der Waals surface area (Å²) < 4.78 is 5.34. The number of carbonyl (C=O) groups excluding carboxylic acids is 1. The van der Waals surface area contributed by atoms with Gasteiger partial charge in [0.25, 0.3) is 0 Å². The molecule has 0 saturated heterocycles. The van der Waals surface area contributed by atoms with Gasteiger partial charge in [-0.2, -0.15) is 0 Å². The van der Waals surface area contributed by atoms with E-state index >= 15 is 0 Å². The highest BCUT2D eigenvalue weighted by Crippen LogP contribution is 2.36. The van der Waals surface area contributed by atoms with E-state index in [2.05, 4.69) is 24.0 Å². The van der Waals surface area contributed by atoms with Crippen LogP contribution < -0.4 is 0 Å². The number of benzene rings is 2. The minimum absolute atomic E-state index is 0.129. The Morgan fingerprint density at radius 2 is 1.76 bits per heavy atom. The molecule has 33 heavy (non-hydrogen) atoms. The molecular weight excluding hydrogens is 414 g/mol. The van der Waals surface area contributed by atoms with Gasteiger partial charge in [-0.05, 0) is 53.7 Å². The number of esters is 1. The highest BCUT2D eigenvalue weighted by molar-refractivity contribution is 5.87. The van der Waals surface area contributed by atoms with Crippen LogP contribution in [0.25, 0.3) is 22.8 Å². The third kappa shape index (κ3) is 6.67. The predicted molar refractivity (Wildman–Crippen MR) is 133 cm³/mol. The van der Waals surface area contributed by atoms with Crippen molar-refractivity contribution in [2.75, 3.05) is 6.61 Å². The Hall–Kier alpha value is -3.15. The number of aromatic nitrogens is 3. The molecule has 1 heterocycles. The Bertz CT molecular complexity index is 1090. The van der Waals surface area contributed by atoms with Crippen molar-refractivity contribution in [1.29, 1.82) is 0 Å². The van der Waals surface area contributed by atoms with Gasteiger partial charge in [-0.3, -0.25) is 0 Å². The zero-order valence-electron chi connectivity index (χ0n) is 20.3. The number of carbonyl (C=O) groups is 1. The van der Waals surface area contributed by atoms with Gasteiger partial charge < -0.3 is 9.84 Å². The fourth-order valence-corrected chi connectivity index (χ4v) is 3.65. The molecule has 6 heteroatoms. The lowest BCUT2D eigenvalue weighted by Gasteiger charge is -2.22. The van der Waals surface area contributed by atoms with Crippen molar-refractivity contribution < 1.29 is 14.6 Å². The molecule has 176 valence electrons. The average Bonchev–Trinajstić information content (AvgIpc) is 3.18. The third-order valence-electron chi connectivity index (χ3n) is 5.50. The van der Waals surface area contributed by atoms with E-state index in [0.717, 1.165) is 41.4 Å². The van der Waals surface area contributed by atoms with Gasteiger partial charge in [0, 0.05) is 11.6 Å². The summed E-state index contributed by atoms with van der Waals surface area (Å²) in [5, 5.41) is 20.0. The summed E-state index contributed by atoms with van der Waals surface area (Å²) in [6, 6.07) is 11.2. The van der Waals surface area contributed by atoms with Gasteiger partial charge in [0.05, 0.1) is 6.61 Å². The number of hydrogen-bond acceptors (Lipinski definition) is 5. The SMILES string of the molecule is CC(C)CCCCCOC(=O)C=Cc1cc(-n2nc3ccccc3n2)c(O)c(C(C)(C)C)c1. The van der Waals surface area contributed by atoms with E-state index in [9.17, 15) is 9.90 Å². The minimum Gasteiger partial charge on any atom is -0.505 e. The van der Waals surface area contributed by atoms with Crippen molar-refractivity contribution in [3.8, 4) is 11.4 Å². The maximum atomic E-state index is 12.2. The molecule has 1 aromatic heterocycles. The smallest absolute Gasteiger partial charge is 0.330 e. The molecule has 0 aliphatic heterocycles. The summed E-state index contributed by atoms with van der Waals surface area (Å²) in [6.07, 6.45) is 7.45. The van der Waals surface area contributed by atoms with Crippen LogP contribution in [0.15, 0.2) is 42.5 Å². The lowest BCUT2D eigenvalue weighted by molar-refractivity contribution is -0.137. The first kappa shape index (κ1) is 24.5. The number of phenolic OH excluding ortho intramolecular Hbond substituents is 1. The van der Waals surface area contributed by atoms with Crippen LogP contribution >= 0.6 is 0 Å². The van der Waals surface area contributed by atoms with Crippen molar-refractivity contribution in [2.45, 2.75) is 65.7 Å². The van der Waals surface area contributed by atoms with Gasteiger partial charge in [0.1, 0.15) is 22.5 Å². The van der Waals surface area contributed by atoms with Crippen molar-refractivity contribution in [2.24, 2.45) is 5.92 Å². The van der Waals surface area contributed by atoms with Gasteiger partial charge >= 0.3 is 5.97 Å². The van der Waals surface area contributed by atoms with E-state index in [1.54, 1.807) is 12.1 Å². The topological polar surface area (TPSA) is 77.2 Å². The van der Waals surface area contributed by atoms with Gasteiger partial charge in [0.2, 0.25) is 0 Å². The van der Waals surface area contributed by atoms with Crippen LogP contribution in [0.4, 0.5) is 0 Å². The first-order chi connectivity index (χ1) is 15.6. The molecule has 3 rings (SSSR count). The second kappa shape index (κ2) is 10.6. The Morgan fingerprint density at radius 3 is 2.36 bits per heavy atom. The van der Waals surface area contributed by atoms with Crippen LogP contribution in [0.1, 0.15) is 71.4 Å². The molecule has 0 aliphatic carbocycles. The summed E-state index contributed by atoms with van der Waals surface area (Å²) >= 11 is 0. The maximum Gasteiger partial charge on any atom is 0.330 e. The van der Waals surface area contributed by atoms with E-state index in [0.29, 0.717) is 18.2 Å². The molecule has 6 nitrogen and oxygen atoms in total. The summed E-state index contributed by atoms with van der Waals surface area (Å²) in [7, 11) is 0. The summed E-state index contributed by atoms with van der Waals surface area (Å²) in [6.45, 7) is 10.9. The van der Waals surface area contributed by atoms with E-state index in [-0.39, 0.29) is 17.1 Å². The average molecular weight is 450 g/mol. The lowest BCUT2D eigenvalue weighted by Crippen LogP contribution is -2.13. The molecular formula is C27H35N3O3. The Balaban J connectivity index is 1.78. The molecule has 0 bridgehead atoms. The number of unbranched alkanes of at least 4 members (excludes halogenated alkanes) is 2. The van der Waals surface area contributed by atoms with Gasteiger partial charge in [-0.25, -0.2) is 4.79 Å². The zero-order chi connectivity index (χ0) is 24.0. The lowest BCUT2D eigenvalue weighted by atomic mass is 9.85. The number of phenols is 1. The minimum atomic E-state index is -0.367. The van der Waals surface area contributed by atoms with Gasteiger partial charge in [0.15, 0.2) is 0 Å². The number of nitrogens with zero attached hydrogens (tertiary/aromatic N) is 3. The molecule has 0 amide bonds. The molecule has 0 spiro atoms. The van der Waals surface area contributed by atoms with E-state index in [1.807, 2.05) is 51.1 Å². The molecule has 2 aromatic carbocycles. The van der Waals surface area contributed by atoms with Crippen molar-refractivity contribution in [1.82, 2.24) is 15.0 Å². The second-order valence-electron chi connectivity index (χ2n) is 9.91. The van der Waals surface area contributed by atoms with Crippen molar-refractivity contribution >= 4 is 23.1 Å². The first-order valence-corrected chi connectivity index (χ1v) is 11.7. The van der Waals surface area contributed by atoms with Gasteiger partial charge in [-0.15, -0.1) is 15.0 Å². The highest BCUT2D eigenvalue weighted by Gasteiger charge is 2.23. The van der Waals surface area contributed by atoms with Crippen LogP contribution in [-0.2, 0) is 14.9 Å². The monoisotopic (exact) mass is 449 g/mol. The Kier molecular flexibility index (Phi) is 7.90. The maximum absolute atomic E-state index is 12.2. The van der Waals surface area contributed by atoms with Crippen LogP contribution in [0.5, 0.6) is 5.75 Å².